The van der Waals surface area contributed by atoms with Crippen LogP contribution in [0.3, 0.4) is 0 Å². The summed E-state index contributed by atoms with van der Waals surface area (Å²) in [7, 11) is -4.57. The Morgan fingerprint density at radius 3 is 2.16 bits per heavy atom. The standard InChI is InChI=1S/C6H14NO4P.C6H13N/c1-5(2)3-4-7-6(8)12(9,10)11;7-6-4-2-1-3-5-6/h5H,3-4H2,1-2H3,(H,7,8)(H2,9,10,11);6H,1-5,7H2/p+1. The van der Waals surface area contributed by atoms with Crippen molar-refractivity contribution in [2.75, 3.05) is 6.54 Å². The van der Waals surface area contributed by atoms with Crippen molar-refractivity contribution >= 4 is 13.2 Å². The molecule has 0 radical (unpaired) electrons. The molecule has 1 saturated carbocycles. The van der Waals surface area contributed by atoms with E-state index in [1.807, 2.05) is 13.8 Å². The lowest BCUT2D eigenvalue weighted by Gasteiger charge is -2.12. The molecule has 0 heterocycles. The molecular weight excluding hydrogens is 267 g/mol. The molecule has 0 unspecified atom stereocenters. The zero-order chi connectivity index (χ0) is 14.9. The van der Waals surface area contributed by atoms with E-state index in [4.69, 9.17) is 9.79 Å². The first-order chi connectivity index (χ1) is 8.73. The molecule has 0 aromatic carbocycles. The smallest absolute Gasteiger partial charge is 0.355 e. The van der Waals surface area contributed by atoms with Crippen LogP contribution in [0.25, 0.3) is 0 Å². The van der Waals surface area contributed by atoms with Crippen molar-refractivity contribution < 1.29 is 24.9 Å². The highest BCUT2D eigenvalue weighted by molar-refractivity contribution is 7.69. The van der Waals surface area contributed by atoms with Crippen LogP contribution in [0.2, 0.25) is 0 Å². The number of hydrogen-bond acceptors (Lipinski definition) is 2. The Hall–Kier alpha value is -0.420. The molecule has 1 amide bonds. The number of quaternary nitrogens is 1. The van der Waals surface area contributed by atoms with Gasteiger partial charge in [0.05, 0.1) is 6.04 Å². The Labute approximate surface area is 115 Å². The molecular formula is C12H28N2O4P+. The number of carbonyl (C=O) groups excluding carboxylic acids is 1. The largest absolute Gasteiger partial charge is 0.413 e. The van der Waals surface area contributed by atoms with E-state index < -0.39 is 13.2 Å². The molecule has 7 heteroatoms. The molecule has 1 fully saturated rings. The van der Waals surface area contributed by atoms with E-state index in [2.05, 4.69) is 11.1 Å². The molecule has 6 nitrogen and oxygen atoms in total. The molecule has 1 aliphatic rings. The normalized spacial score (nSPS) is 16.7. The van der Waals surface area contributed by atoms with E-state index in [9.17, 15) is 9.36 Å². The predicted molar refractivity (Wildman–Crippen MR) is 74.7 cm³/mol. The molecule has 6 N–H and O–H groups in total. The van der Waals surface area contributed by atoms with Gasteiger partial charge in [0.2, 0.25) is 0 Å². The zero-order valence-electron chi connectivity index (χ0n) is 12.0. The van der Waals surface area contributed by atoms with Gasteiger partial charge in [-0.25, -0.2) is 4.57 Å². The first-order valence-electron chi connectivity index (χ1n) is 6.90. The molecule has 0 bridgehead atoms. The van der Waals surface area contributed by atoms with Crippen LogP contribution in [0, 0.1) is 5.92 Å². The van der Waals surface area contributed by atoms with Gasteiger partial charge in [-0.1, -0.05) is 20.3 Å². The van der Waals surface area contributed by atoms with Gasteiger partial charge in [-0.3, -0.25) is 4.79 Å². The number of carbonyl (C=O) groups is 1. The topological polar surface area (TPSA) is 114 Å². The number of nitrogens with one attached hydrogen (secondary N) is 1. The second kappa shape index (κ2) is 9.48. The first kappa shape index (κ1) is 18.6. The third-order valence-corrected chi connectivity index (χ3v) is 3.67. The number of rotatable bonds is 4. The molecule has 1 rings (SSSR count). The summed E-state index contributed by atoms with van der Waals surface area (Å²) in [4.78, 5) is 27.3. The predicted octanol–water partition coefficient (Wildman–Crippen LogP) is 1.48. The Kier molecular flexibility index (Phi) is 9.27. The molecule has 0 aromatic heterocycles. The Balaban J connectivity index is 0.000000388. The summed E-state index contributed by atoms with van der Waals surface area (Å²) in [6, 6.07) is 0.786. The second-order valence-corrected chi connectivity index (χ2v) is 6.96. The fourth-order valence-corrected chi connectivity index (χ4v) is 2.08. The Morgan fingerprint density at radius 2 is 1.84 bits per heavy atom. The minimum Gasteiger partial charge on any atom is -0.355 e. The lowest BCUT2D eigenvalue weighted by atomic mass is 9.97. The minimum absolute atomic E-state index is 0.307. The van der Waals surface area contributed by atoms with Gasteiger partial charge in [-0.05, 0) is 38.0 Å². The Morgan fingerprint density at radius 1 is 1.32 bits per heavy atom. The summed E-state index contributed by atoms with van der Waals surface area (Å²) in [5, 5.41) is 2.15. The van der Waals surface area contributed by atoms with Gasteiger partial charge in [-0.15, -0.1) is 0 Å². The summed E-state index contributed by atoms with van der Waals surface area (Å²) in [5.74, 6) is 0.405. The van der Waals surface area contributed by atoms with Gasteiger partial charge in [0.15, 0.2) is 0 Å². The average molecular weight is 295 g/mol. The van der Waals surface area contributed by atoms with Crippen LogP contribution in [-0.2, 0) is 4.57 Å². The third kappa shape index (κ3) is 11.1. The molecule has 114 valence electrons. The highest BCUT2D eigenvalue weighted by Crippen LogP contribution is 2.34. The van der Waals surface area contributed by atoms with Crippen LogP contribution in [0.4, 0.5) is 4.79 Å². The van der Waals surface area contributed by atoms with Gasteiger partial charge in [0, 0.05) is 6.54 Å². The third-order valence-electron chi connectivity index (χ3n) is 2.99. The fourth-order valence-electron chi connectivity index (χ4n) is 1.76. The van der Waals surface area contributed by atoms with Gasteiger partial charge < -0.3 is 20.8 Å². The SMILES string of the molecule is CC(C)CCNC(=O)P(=O)(O)O.[NH3+]C1CCCCC1. The van der Waals surface area contributed by atoms with Crippen LogP contribution < -0.4 is 11.1 Å². The maximum Gasteiger partial charge on any atom is 0.413 e. The van der Waals surface area contributed by atoms with Crippen LogP contribution in [-0.4, -0.2) is 28.0 Å². The van der Waals surface area contributed by atoms with E-state index >= 15 is 0 Å². The molecule has 0 aromatic rings. The van der Waals surface area contributed by atoms with E-state index in [1.165, 1.54) is 32.1 Å². The van der Waals surface area contributed by atoms with Crippen LogP contribution in [0.5, 0.6) is 0 Å². The van der Waals surface area contributed by atoms with Crippen LogP contribution in [0.15, 0.2) is 0 Å². The van der Waals surface area contributed by atoms with Gasteiger partial charge >= 0.3 is 13.2 Å². The van der Waals surface area contributed by atoms with E-state index in [0.29, 0.717) is 18.9 Å². The molecule has 0 atom stereocenters. The summed E-state index contributed by atoms with van der Waals surface area (Å²) in [6.07, 6.45) is 7.76. The van der Waals surface area contributed by atoms with Crippen molar-refractivity contribution in [2.45, 2.75) is 58.4 Å². The van der Waals surface area contributed by atoms with Crippen LogP contribution in [0.1, 0.15) is 52.4 Å². The lowest BCUT2D eigenvalue weighted by molar-refractivity contribution is -0.425. The highest BCUT2D eigenvalue weighted by atomic mass is 31.2. The lowest BCUT2D eigenvalue weighted by Crippen LogP contribution is -2.61. The van der Waals surface area contributed by atoms with Gasteiger partial charge in [0.25, 0.3) is 0 Å². The van der Waals surface area contributed by atoms with Gasteiger partial charge in [0.1, 0.15) is 0 Å². The maximum absolute atomic E-state index is 10.6. The summed E-state index contributed by atoms with van der Waals surface area (Å²) < 4.78 is 10.3. The highest BCUT2D eigenvalue weighted by Gasteiger charge is 2.24. The zero-order valence-corrected chi connectivity index (χ0v) is 12.9. The first-order valence-corrected chi connectivity index (χ1v) is 8.51. The number of amides is 1. The van der Waals surface area contributed by atoms with Crippen molar-refractivity contribution in [1.29, 1.82) is 0 Å². The van der Waals surface area contributed by atoms with Crippen molar-refractivity contribution in [2.24, 2.45) is 5.92 Å². The number of hydrogen-bond donors (Lipinski definition) is 4. The quantitative estimate of drug-likeness (QED) is 0.588. The monoisotopic (exact) mass is 295 g/mol. The van der Waals surface area contributed by atoms with Crippen molar-refractivity contribution in [1.82, 2.24) is 5.32 Å². The molecule has 0 aliphatic heterocycles. The molecule has 0 saturated heterocycles. The second-order valence-electron chi connectivity index (χ2n) is 5.46. The van der Waals surface area contributed by atoms with Crippen LogP contribution >= 0.6 is 7.60 Å². The molecule has 1 aliphatic carbocycles. The summed E-state index contributed by atoms with van der Waals surface area (Å²) >= 11 is 0. The van der Waals surface area contributed by atoms with E-state index in [0.717, 1.165) is 6.04 Å². The average Bonchev–Trinajstić information content (AvgIpc) is 2.29. The molecule has 19 heavy (non-hydrogen) atoms. The van der Waals surface area contributed by atoms with Crippen molar-refractivity contribution in [3.63, 3.8) is 0 Å². The molecule has 0 spiro atoms. The van der Waals surface area contributed by atoms with Crippen molar-refractivity contribution in [3.05, 3.63) is 0 Å². The fraction of sp³-hybridized carbons (Fsp3) is 0.917. The van der Waals surface area contributed by atoms with E-state index in [1.54, 1.807) is 0 Å². The van der Waals surface area contributed by atoms with Crippen molar-refractivity contribution in [3.8, 4) is 0 Å². The van der Waals surface area contributed by atoms with E-state index in [-0.39, 0.29) is 0 Å². The summed E-state index contributed by atoms with van der Waals surface area (Å²) in [5.41, 5.74) is 2.81. The minimum atomic E-state index is -4.57. The van der Waals surface area contributed by atoms with Gasteiger partial charge in [-0.2, -0.15) is 0 Å². The summed E-state index contributed by atoms with van der Waals surface area (Å²) in [6.45, 7) is 4.23. The maximum atomic E-state index is 10.6. The Bertz CT molecular complexity index is 298.